The molecule has 0 unspecified atom stereocenters. The number of carbonyl (C=O) groups is 1. The van der Waals surface area contributed by atoms with Crippen LogP contribution in [-0.2, 0) is 11.3 Å². The number of likely N-dealkylation sites (N-methyl/N-ethyl adjacent to an activating group) is 1. The maximum atomic E-state index is 13.2. The molecule has 0 N–H and O–H groups in total. The molecule has 2 atom stereocenters. The van der Waals surface area contributed by atoms with Crippen LogP contribution in [0.4, 0.5) is 0 Å². The Labute approximate surface area is 143 Å². The third kappa shape index (κ3) is 3.51. The van der Waals surface area contributed by atoms with Crippen molar-refractivity contribution < 1.29 is 4.79 Å². The number of benzene rings is 1. The van der Waals surface area contributed by atoms with Crippen LogP contribution in [0.3, 0.4) is 0 Å². The molecule has 1 aliphatic rings. The molecule has 5 nitrogen and oxygen atoms in total. The van der Waals surface area contributed by atoms with Crippen molar-refractivity contribution in [2.24, 2.45) is 0 Å². The Kier molecular flexibility index (Phi) is 5.00. The van der Waals surface area contributed by atoms with Crippen LogP contribution >= 0.6 is 0 Å². The smallest absolute Gasteiger partial charge is 0.244 e. The van der Waals surface area contributed by atoms with Crippen molar-refractivity contribution in [1.82, 2.24) is 19.6 Å². The van der Waals surface area contributed by atoms with E-state index in [1.165, 1.54) is 0 Å². The number of hydrogen-bond acceptors (Lipinski definition) is 3. The molecule has 1 aromatic heterocycles. The summed E-state index contributed by atoms with van der Waals surface area (Å²) in [6.45, 7) is 3.65. The van der Waals surface area contributed by atoms with Crippen molar-refractivity contribution in [2.45, 2.75) is 38.4 Å². The monoisotopic (exact) mass is 326 g/mol. The van der Waals surface area contributed by atoms with E-state index in [2.05, 4.69) is 10.00 Å². The van der Waals surface area contributed by atoms with E-state index in [-0.39, 0.29) is 18.0 Å². The standard InChI is InChI=1S/C19H26N4O/c1-15-12-20-22(13-15)14-17-10-7-11-23(17)19(24)18(21(2)3)16-8-5-4-6-9-16/h4-6,8-9,12-13,17-18H,7,10-11,14H2,1-3H3/t17-,18+/m0/s1. The first-order valence-corrected chi connectivity index (χ1v) is 8.57. The number of rotatable bonds is 5. The number of nitrogens with zero attached hydrogens (tertiary/aromatic N) is 4. The SMILES string of the molecule is Cc1cnn(C[C@@H]2CCCN2C(=O)[C@@H](c2ccccc2)N(C)C)c1. The number of hydrogen-bond donors (Lipinski definition) is 0. The van der Waals surface area contributed by atoms with Crippen LogP contribution in [0.5, 0.6) is 0 Å². The lowest BCUT2D eigenvalue weighted by atomic mass is 10.0. The molecule has 5 heteroatoms. The van der Waals surface area contributed by atoms with Gasteiger partial charge in [-0.1, -0.05) is 30.3 Å². The molecule has 2 heterocycles. The zero-order chi connectivity index (χ0) is 17.1. The second-order valence-electron chi connectivity index (χ2n) is 6.84. The molecule has 0 aliphatic carbocycles. The van der Waals surface area contributed by atoms with Gasteiger partial charge >= 0.3 is 0 Å². The molecular weight excluding hydrogens is 300 g/mol. The minimum Gasteiger partial charge on any atom is -0.336 e. The predicted octanol–water partition coefficient (Wildman–Crippen LogP) is 2.49. The van der Waals surface area contributed by atoms with Gasteiger partial charge in [-0.15, -0.1) is 0 Å². The van der Waals surface area contributed by atoms with Gasteiger partial charge in [0.15, 0.2) is 0 Å². The molecule has 1 fully saturated rings. The number of aryl methyl sites for hydroxylation is 1. The quantitative estimate of drug-likeness (QED) is 0.848. The minimum atomic E-state index is -0.230. The summed E-state index contributed by atoms with van der Waals surface area (Å²) >= 11 is 0. The van der Waals surface area contributed by atoms with Crippen LogP contribution in [0.25, 0.3) is 0 Å². The first-order chi connectivity index (χ1) is 11.6. The van der Waals surface area contributed by atoms with E-state index in [1.807, 2.05) is 73.3 Å². The molecule has 3 rings (SSSR count). The Morgan fingerprint density at radius 2 is 2.08 bits per heavy atom. The molecule has 128 valence electrons. The summed E-state index contributed by atoms with van der Waals surface area (Å²) in [6.07, 6.45) is 6.01. The molecule has 1 saturated heterocycles. The predicted molar refractivity (Wildman–Crippen MR) is 94.6 cm³/mol. The largest absolute Gasteiger partial charge is 0.336 e. The fourth-order valence-electron chi connectivity index (χ4n) is 3.55. The maximum Gasteiger partial charge on any atom is 0.244 e. The minimum absolute atomic E-state index is 0.192. The Hall–Kier alpha value is -2.14. The highest BCUT2D eigenvalue weighted by Gasteiger charge is 2.35. The highest BCUT2D eigenvalue weighted by molar-refractivity contribution is 5.83. The van der Waals surface area contributed by atoms with Crippen molar-refractivity contribution in [3.8, 4) is 0 Å². The molecule has 0 saturated carbocycles. The highest BCUT2D eigenvalue weighted by Crippen LogP contribution is 2.27. The topological polar surface area (TPSA) is 41.4 Å². The average molecular weight is 326 g/mol. The Balaban J connectivity index is 1.78. The fourth-order valence-corrected chi connectivity index (χ4v) is 3.55. The van der Waals surface area contributed by atoms with Crippen LogP contribution in [0.15, 0.2) is 42.7 Å². The summed E-state index contributed by atoms with van der Waals surface area (Å²) in [5, 5.41) is 4.38. The van der Waals surface area contributed by atoms with E-state index in [0.717, 1.165) is 37.1 Å². The first-order valence-electron chi connectivity index (χ1n) is 8.57. The molecule has 0 spiro atoms. The van der Waals surface area contributed by atoms with Gasteiger partial charge in [0.2, 0.25) is 5.91 Å². The summed E-state index contributed by atoms with van der Waals surface area (Å²) in [5.41, 5.74) is 2.20. The number of carbonyl (C=O) groups excluding carboxylic acids is 1. The fraction of sp³-hybridized carbons (Fsp3) is 0.474. The summed E-state index contributed by atoms with van der Waals surface area (Å²) in [4.78, 5) is 17.3. The molecule has 2 aromatic rings. The highest BCUT2D eigenvalue weighted by atomic mass is 16.2. The van der Waals surface area contributed by atoms with E-state index >= 15 is 0 Å². The van der Waals surface area contributed by atoms with Crippen molar-refractivity contribution in [2.75, 3.05) is 20.6 Å². The Morgan fingerprint density at radius 3 is 2.71 bits per heavy atom. The van der Waals surface area contributed by atoms with Gasteiger partial charge in [0.05, 0.1) is 18.8 Å². The molecule has 24 heavy (non-hydrogen) atoms. The zero-order valence-corrected chi connectivity index (χ0v) is 14.7. The van der Waals surface area contributed by atoms with E-state index < -0.39 is 0 Å². The van der Waals surface area contributed by atoms with Gasteiger partial charge in [0.1, 0.15) is 6.04 Å². The van der Waals surface area contributed by atoms with Crippen molar-refractivity contribution in [1.29, 1.82) is 0 Å². The lowest BCUT2D eigenvalue weighted by Gasteiger charge is -2.32. The van der Waals surface area contributed by atoms with Crippen LogP contribution in [0.2, 0.25) is 0 Å². The average Bonchev–Trinajstić information content (AvgIpc) is 3.17. The van der Waals surface area contributed by atoms with Crippen LogP contribution in [-0.4, -0.2) is 52.2 Å². The lowest BCUT2D eigenvalue weighted by Crippen LogP contribution is -2.44. The number of likely N-dealkylation sites (tertiary alicyclic amines) is 1. The van der Waals surface area contributed by atoms with Crippen molar-refractivity contribution in [3.05, 3.63) is 53.9 Å². The number of aromatic nitrogens is 2. The number of amides is 1. The molecule has 1 aliphatic heterocycles. The molecule has 1 amide bonds. The third-order valence-corrected chi connectivity index (χ3v) is 4.69. The van der Waals surface area contributed by atoms with Gasteiger partial charge in [-0.25, -0.2) is 0 Å². The van der Waals surface area contributed by atoms with E-state index in [4.69, 9.17) is 0 Å². The van der Waals surface area contributed by atoms with E-state index in [0.29, 0.717) is 0 Å². The molecular formula is C19H26N4O. The Morgan fingerprint density at radius 1 is 1.33 bits per heavy atom. The summed E-state index contributed by atoms with van der Waals surface area (Å²) < 4.78 is 1.96. The Bertz CT molecular complexity index is 680. The van der Waals surface area contributed by atoms with Gasteiger partial charge in [-0.2, -0.15) is 5.10 Å². The van der Waals surface area contributed by atoms with Gasteiger partial charge in [-0.05, 0) is 45.0 Å². The molecule has 1 aromatic carbocycles. The van der Waals surface area contributed by atoms with Crippen molar-refractivity contribution >= 4 is 5.91 Å². The van der Waals surface area contributed by atoms with Gasteiger partial charge in [-0.3, -0.25) is 14.4 Å². The van der Waals surface area contributed by atoms with E-state index in [1.54, 1.807) is 0 Å². The maximum absolute atomic E-state index is 13.2. The lowest BCUT2D eigenvalue weighted by molar-refractivity contribution is -0.137. The van der Waals surface area contributed by atoms with E-state index in [9.17, 15) is 4.79 Å². The zero-order valence-electron chi connectivity index (χ0n) is 14.7. The second-order valence-corrected chi connectivity index (χ2v) is 6.84. The second kappa shape index (κ2) is 7.18. The summed E-state index contributed by atoms with van der Waals surface area (Å²) in [6, 6.07) is 10.0. The van der Waals surface area contributed by atoms with Crippen molar-refractivity contribution in [3.63, 3.8) is 0 Å². The van der Waals surface area contributed by atoms with Crippen LogP contribution in [0, 0.1) is 6.92 Å². The summed E-state index contributed by atoms with van der Waals surface area (Å²) in [7, 11) is 3.94. The normalized spacial score (nSPS) is 19.0. The van der Waals surface area contributed by atoms with Gasteiger partial charge < -0.3 is 4.90 Å². The molecule has 0 radical (unpaired) electrons. The first kappa shape index (κ1) is 16.7. The van der Waals surface area contributed by atoms with Gasteiger partial charge in [0.25, 0.3) is 0 Å². The van der Waals surface area contributed by atoms with Gasteiger partial charge in [0, 0.05) is 12.7 Å². The summed E-state index contributed by atoms with van der Waals surface area (Å²) in [5.74, 6) is 0.192. The van der Waals surface area contributed by atoms with Crippen LogP contribution in [0.1, 0.15) is 30.0 Å². The third-order valence-electron chi connectivity index (χ3n) is 4.69. The molecule has 0 bridgehead atoms. The van der Waals surface area contributed by atoms with Crippen LogP contribution < -0.4 is 0 Å².